The van der Waals surface area contributed by atoms with Crippen LogP contribution in [0.3, 0.4) is 0 Å². The molecule has 47 heavy (non-hydrogen) atoms. The molecular formula is C36H50ClN5O5. The van der Waals surface area contributed by atoms with Gasteiger partial charge < -0.3 is 26.0 Å². The summed E-state index contributed by atoms with van der Waals surface area (Å²) in [6.45, 7) is 4.99. The second-order valence-electron chi connectivity index (χ2n) is 13.1. The lowest BCUT2D eigenvalue weighted by molar-refractivity contribution is -0.166. The van der Waals surface area contributed by atoms with Gasteiger partial charge >= 0.3 is 0 Å². The Morgan fingerprint density at radius 2 is 1.53 bits per heavy atom. The fraction of sp³-hybridized carbons (Fsp3) is 0.556. The molecule has 2 atom stereocenters. The molecule has 3 aliphatic rings. The van der Waals surface area contributed by atoms with Crippen LogP contribution in [0.15, 0.2) is 48.5 Å². The highest BCUT2D eigenvalue weighted by Gasteiger charge is 2.55. The average molecular weight is 668 g/mol. The maximum absolute atomic E-state index is 13.9. The van der Waals surface area contributed by atoms with Gasteiger partial charge in [0.25, 0.3) is 11.8 Å². The molecule has 1 saturated carbocycles. The summed E-state index contributed by atoms with van der Waals surface area (Å²) in [6.07, 6.45) is 7.07. The normalized spacial score (nSPS) is 20.7. The number of rotatable bonds is 11. The van der Waals surface area contributed by atoms with Crippen molar-refractivity contribution in [3.05, 3.63) is 70.8 Å². The van der Waals surface area contributed by atoms with Crippen LogP contribution in [0.2, 0.25) is 0 Å². The Balaban J connectivity index is 0.00000500. The number of aliphatic hydroxyl groups excluding tert-OH is 1. The number of amides is 4. The minimum atomic E-state index is -0.879. The van der Waals surface area contributed by atoms with Gasteiger partial charge in [0.1, 0.15) is 11.6 Å². The number of hydrogen-bond donors (Lipinski definition) is 4. The van der Waals surface area contributed by atoms with Crippen molar-refractivity contribution in [1.29, 1.82) is 0 Å². The van der Waals surface area contributed by atoms with Gasteiger partial charge in [0.15, 0.2) is 0 Å². The number of halogens is 1. The van der Waals surface area contributed by atoms with Crippen LogP contribution < -0.4 is 16.0 Å². The number of nitrogens with one attached hydrogen (secondary N) is 3. The number of nitrogens with zero attached hydrogens (tertiary/aromatic N) is 2. The number of unbranched alkanes of at least 4 members (excludes halogenated alkanes) is 1. The van der Waals surface area contributed by atoms with Gasteiger partial charge in [-0.25, -0.2) is 0 Å². The zero-order valence-corrected chi connectivity index (χ0v) is 28.4. The van der Waals surface area contributed by atoms with Crippen molar-refractivity contribution < 1.29 is 24.3 Å². The van der Waals surface area contributed by atoms with Gasteiger partial charge in [0, 0.05) is 50.9 Å². The number of piperazine rings is 1. The molecule has 4 amide bonds. The van der Waals surface area contributed by atoms with Crippen LogP contribution in [-0.4, -0.2) is 82.9 Å². The van der Waals surface area contributed by atoms with E-state index in [9.17, 15) is 24.3 Å². The molecule has 10 nitrogen and oxygen atoms in total. The highest BCUT2D eigenvalue weighted by atomic mass is 35.5. The van der Waals surface area contributed by atoms with Crippen molar-refractivity contribution in [3.8, 4) is 0 Å². The molecule has 1 unspecified atom stereocenters. The first-order chi connectivity index (χ1) is 22.3. The molecule has 0 bridgehead atoms. The van der Waals surface area contributed by atoms with E-state index in [-0.39, 0.29) is 42.0 Å². The summed E-state index contributed by atoms with van der Waals surface area (Å²) in [6, 6.07) is 13.8. The Bertz CT molecular complexity index is 1370. The maximum atomic E-state index is 13.9. The highest BCUT2D eigenvalue weighted by molar-refractivity contribution is 6.00. The molecule has 3 fully saturated rings. The summed E-state index contributed by atoms with van der Waals surface area (Å²) < 4.78 is 0. The topological polar surface area (TPSA) is 131 Å². The smallest absolute Gasteiger partial charge is 0.251 e. The number of benzene rings is 2. The van der Waals surface area contributed by atoms with E-state index >= 15 is 0 Å². The lowest BCUT2D eigenvalue weighted by Gasteiger charge is -2.52. The minimum absolute atomic E-state index is 0. The third-order valence-electron chi connectivity index (χ3n) is 10.2. The quantitative estimate of drug-likeness (QED) is 0.289. The van der Waals surface area contributed by atoms with Crippen molar-refractivity contribution in [2.45, 2.75) is 95.5 Å². The van der Waals surface area contributed by atoms with Crippen LogP contribution in [-0.2, 0) is 22.7 Å². The molecule has 11 heteroatoms. The standard InChI is InChI=1S/C36H49N5O5.ClH/c1-3-4-20-41-34(45)30(31(42)27-8-6-5-7-9-27)39-35(46)36(41)18-21-40(22-19-36)24-26-12-16-29(17-13-26)33(44)38-23-25-10-14-28(15-11-25)32(43)37-2;/h10-17,27,30-31,42H,3-9,18-24H2,1-2H3,(H,37,43)(H,38,44)(H,39,46);1H/t30-,31?;/m1./s1. The fourth-order valence-corrected chi connectivity index (χ4v) is 7.26. The molecule has 1 aliphatic carbocycles. The zero-order chi connectivity index (χ0) is 32.7. The fourth-order valence-electron chi connectivity index (χ4n) is 7.26. The Labute approximate surface area is 284 Å². The van der Waals surface area contributed by atoms with E-state index < -0.39 is 17.7 Å². The van der Waals surface area contributed by atoms with Crippen LogP contribution in [0.5, 0.6) is 0 Å². The number of carbonyl (C=O) groups excluding carboxylic acids is 4. The van der Waals surface area contributed by atoms with E-state index in [1.54, 1.807) is 19.2 Å². The third kappa shape index (κ3) is 8.34. The second kappa shape index (κ2) is 16.6. The van der Waals surface area contributed by atoms with E-state index in [0.717, 1.165) is 56.1 Å². The van der Waals surface area contributed by atoms with E-state index in [1.807, 2.05) is 41.3 Å². The van der Waals surface area contributed by atoms with Gasteiger partial charge in [-0.1, -0.05) is 56.9 Å². The van der Waals surface area contributed by atoms with E-state index in [4.69, 9.17) is 0 Å². The monoisotopic (exact) mass is 667 g/mol. The number of hydrogen-bond acceptors (Lipinski definition) is 6. The molecular weight excluding hydrogens is 618 g/mol. The molecule has 2 aromatic rings. The van der Waals surface area contributed by atoms with Gasteiger partial charge in [-0.3, -0.25) is 24.1 Å². The van der Waals surface area contributed by atoms with Crippen molar-refractivity contribution in [2.24, 2.45) is 5.92 Å². The SMILES string of the molecule is CCCCN1C(=O)[C@@H](C(O)C2CCCCC2)NC(=O)C12CCN(Cc1ccc(C(=O)NCc3ccc(C(=O)NC)cc3)cc1)CC2.Cl. The molecule has 2 saturated heterocycles. The number of piperidine rings is 1. The summed E-state index contributed by atoms with van der Waals surface area (Å²) in [5, 5.41) is 19.7. The molecule has 5 rings (SSSR count). The Morgan fingerprint density at radius 3 is 2.13 bits per heavy atom. The summed E-state index contributed by atoms with van der Waals surface area (Å²) in [4.78, 5) is 56.2. The minimum Gasteiger partial charge on any atom is -0.390 e. The molecule has 2 aromatic carbocycles. The second-order valence-corrected chi connectivity index (χ2v) is 13.1. The molecule has 2 heterocycles. The van der Waals surface area contributed by atoms with Crippen molar-refractivity contribution >= 4 is 36.0 Å². The Morgan fingerprint density at radius 1 is 0.936 bits per heavy atom. The lowest BCUT2D eigenvalue weighted by Crippen LogP contribution is -2.75. The molecule has 4 N–H and O–H groups in total. The summed E-state index contributed by atoms with van der Waals surface area (Å²) >= 11 is 0. The Hall–Kier alpha value is -3.47. The molecule has 1 spiro atoms. The predicted octanol–water partition coefficient (Wildman–Crippen LogP) is 3.80. The molecule has 0 radical (unpaired) electrons. The number of aliphatic hydroxyl groups is 1. The summed E-state index contributed by atoms with van der Waals surface area (Å²) in [5.74, 6) is -0.524. The zero-order valence-electron chi connectivity index (χ0n) is 27.6. The first kappa shape index (κ1) is 36.4. The molecule has 0 aromatic heterocycles. The van der Waals surface area contributed by atoms with Crippen LogP contribution >= 0.6 is 12.4 Å². The summed E-state index contributed by atoms with van der Waals surface area (Å²) in [5.41, 5.74) is 2.23. The van der Waals surface area contributed by atoms with Gasteiger partial charge in [-0.05, 0) is 73.4 Å². The highest BCUT2D eigenvalue weighted by Crippen LogP contribution is 2.36. The van der Waals surface area contributed by atoms with Crippen molar-refractivity contribution in [1.82, 2.24) is 25.8 Å². The third-order valence-corrected chi connectivity index (χ3v) is 10.2. The summed E-state index contributed by atoms with van der Waals surface area (Å²) in [7, 11) is 1.59. The van der Waals surface area contributed by atoms with Crippen molar-refractivity contribution in [3.63, 3.8) is 0 Å². The van der Waals surface area contributed by atoms with Crippen LogP contribution in [0.1, 0.15) is 96.6 Å². The average Bonchev–Trinajstić information content (AvgIpc) is 3.10. The first-order valence-corrected chi connectivity index (χ1v) is 17.0. The molecule has 256 valence electrons. The molecule has 2 aliphatic heterocycles. The van der Waals surface area contributed by atoms with Gasteiger partial charge in [0.2, 0.25) is 11.8 Å². The maximum Gasteiger partial charge on any atom is 0.251 e. The number of carbonyl (C=O) groups is 4. The van der Waals surface area contributed by atoms with Crippen molar-refractivity contribution in [2.75, 3.05) is 26.7 Å². The van der Waals surface area contributed by atoms with Crippen LogP contribution in [0.4, 0.5) is 0 Å². The van der Waals surface area contributed by atoms with Gasteiger partial charge in [-0.2, -0.15) is 0 Å². The largest absolute Gasteiger partial charge is 0.390 e. The predicted molar refractivity (Wildman–Crippen MR) is 183 cm³/mol. The van der Waals surface area contributed by atoms with E-state index in [0.29, 0.717) is 56.7 Å². The number of likely N-dealkylation sites (tertiary alicyclic amines) is 1. The van der Waals surface area contributed by atoms with E-state index in [2.05, 4.69) is 27.8 Å². The van der Waals surface area contributed by atoms with Crippen LogP contribution in [0.25, 0.3) is 0 Å². The van der Waals surface area contributed by atoms with E-state index in [1.165, 1.54) is 0 Å². The van der Waals surface area contributed by atoms with Gasteiger partial charge in [-0.15, -0.1) is 12.4 Å². The van der Waals surface area contributed by atoms with Gasteiger partial charge in [0.05, 0.1) is 6.10 Å². The first-order valence-electron chi connectivity index (χ1n) is 17.0. The lowest BCUT2D eigenvalue weighted by atomic mass is 9.78. The Kier molecular flexibility index (Phi) is 12.8. The van der Waals surface area contributed by atoms with Crippen LogP contribution in [0, 0.1) is 5.92 Å².